The van der Waals surface area contributed by atoms with Crippen LogP contribution in [0.3, 0.4) is 0 Å². The maximum absolute atomic E-state index is 10.3. The van der Waals surface area contributed by atoms with Gasteiger partial charge in [0.15, 0.2) is 0 Å². The van der Waals surface area contributed by atoms with Gasteiger partial charge in [-0.3, -0.25) is 0 Å². The number of ether oxygens (including phenoxy) is 1. The van der Waals surface area contributed by atoms with Gasteiger partial charge in [0.05, 0.1) is 6.61 Å². The number of carboxylic acid groups (broad SMARTS) is 1. The zero-order chi connectivity index (χ0) is 11.8. The van der Waals surface area contributed by atoms with E-state index in [1.165, 1.54) is 0 Å². The van der Waals surface area contributed by atoms with E-state index >= 15 is 0 Å². The van der Waals surface area contributed by atoms with Gasteiger partial charge in [-0.25, -0.2) is 4.79 Å². The van der Waals surface area contributed by atoms with Crippen LogP contribution in [0.1, 0.15) is 5.56 Å². The van der Waals surface area contributed by atoms with Crippen LogP contribution in [-0.2, 0) is 6.42 Å². The summed E-state index contributed by atoms with van der Waals surface area (Å²) < 4.78 is 5.32. The van der Waals surface area contributed by atoms with Crippen LogP contribution in [0.15, 0.2) is 24.3 Å². The van der Waals surface area contributed by atoms with Crippen molar-refractivity contribution in [3.8, 4) is 5.75 Å². The molecule has 1 amide bonds. The van der Waals surface area contributed by atoms with Gasteiger partial charge in [-0.15, -0.1) is 0 Å². The molecule has 0 heterocycles. The molecule has 0 spiro atoms. The van der Waals surface area contributed by atoms with Crippen molar-refractivity contribution in [2.45, 2.75) is 6.42 Å². The Bertz CT molecular complexity index is 341. The number of aliphatic hydroxyl groups is 1. The molecule has 0 radical (unpaired) electrons. The molecule has 0 fully saturated rings. The number of amides is 1. The Morgan fingerprint density at radius 1 is 1.38 bits per heavy atom. The molecule has 0 saturated carbocycles. The first-order chi connectivity index (χ1) is 7.74. The average molecular weight is 225 g/mol. The van der Waals surface area contributed by atoms with Gasteiger partial charge in [-0.05, 0) is 18.1 Å². The van der Waals surface area contributed by atoms with Gasteiger partial charge in [0.25, 0.3) is 0 Å². The summed E-state index contributed by atoms with van der Waals surface area (Å²) in [6, 6.07) is 7.37. The van der Waals surface area contributed by atoms with Crippen LogP contribution in [0.4, 0.5) is 4.79 Å². The Labute approximate surface area is 93.7 Å². The second-order valence-corrected chi connectivity index (χ2v) is 3.16. The highest BCUT2D eigenvalue weighted by Gasteiger charge is 2.03. The maximum atomic E-state index is 10.3. The predicted molar refractivity (Wildman–Crippen MR) is 58.8 cm³/mol. The number of carbonyl (C=O) groups is 1. The summed E-state index contributed by atoms with van der Waals surface area (Å²) in [6.07, 6.45) is -0.470. The van der Waals surface area contributed by atoms with Gasteiger partial charge in [0.1, 0.15) is 12.4 Å². The van der Waals surface area contributed by atoms with Crippen molar-refractivity contribution in [3.05, 3.63) is 29.8 Å². The molecule has 3 N–H and O–H groups in total. The summed E-state index contributed by atoms with van der Waals surface area (Å²) in [5.74, 6) is 0.684. The fourth-order valence-corrected chi connectivity index (χ4v) is 1.31. The number of aliphatic hydroxyl groups excluding tert-OH is 1. The van der Waals surface area contributed by atoms with Crippen LogP contribution in [0, 0.1) is 0 Å². The first-order valence-corrected chi connectivity index (χ1v) is 5.02. The topological polar surface area (TPSA) is 78.8 Å². The monoisotopic (exact) mass is 225 g/mol. The van der Waals surface area contributed by atoms with Crippen LogP contribution in [0.2, 0.25) is 0 Å². The number of hydrogen-bond acceptors (Lipinski definition) is 3. The molecule has 88 valence electrons. The Morgan fingerprint density at radius 3 is 2.81 bits per heavy atom. The lowest BCUT2D eigenvalue weighted by molar-refractivity contribution is 0.194. The summed E-state index contributed by atoms with van der Waals surface area (Å²) >= 11 is 0. The van der Waals surface area contributed by atoms with Crippen molar-refractivity contribution in [1.82, 2.24) is 5.32 Å². The summed E-state index contributed by atoms with van der Waals surface area (Å²) in [4.78, 5) is 10.3. The average Bonchev–Trinajstić information content (AvgIpc) is 2.27. The lowest BCUT2D eigenvalue weighted by Gasteiger charge is -2.10. The molecule has 16 heavy (non-hydrogen) atoms. The third-order valence-electron chi connectivity index (χ3n) is 1.99. The van der Waals surface area contributed by atoms with E-state index in [0.29, 0.717) is 18.7 Å². The molecule has 0 bridgehead atoms. The van der Waals surface area contributed by atoms with Crippen molar-refractivity contribution in [1.29, 1.82) is 0 Å². The first kappa shape index (κ1) is 12.3. The first-order valence-electron chi connectivity index (χ1n) is 5.02. The summed E-state index contributed by atoms with van der Waals surface area (Å²) in [7, 11) is 0. The lowest BCUT2D eigenvalue weighted by atomic mass is 10.1. The Morgan fingerprint density at radius 2 is 2.12 bits per heavy atom. The third kappa shape index (κ3) is 4.18. The van der Waals surface area contributed by atoms with Gasteiger partial charge in [-0.2, -0.15) is 0 Å². The van der Waals surface area contributed by atoms with Crippen molar-refractivity contribution >= 4 is 6.09 Å². The van der Waals surface area contributed by atoms with Crippen LogP contribution >= 0.6 is 0 Å². The second kappa shape index (κ2) is 6.68. The molecule has 5 heteroatoms. The van der Waals surface area contributed by atoms with E-state index in [0.717, 1.165) is 5.56 Å². The number of para-hydroxylation sites is 1. The van der Waals surface area contributed by atoms with Crippen molar-refractivity contribution in [2.24, 2.45) is 0 Å². The number of benzene rings is 1. The van der Waals surface area contributed by atoms with E-state index in [1.807, 2.05) is 18.2 Å². The molecule has 1 rings (SSSR count). The standard InChI is InChI=1S/C11H15NO4/c13-7-8-16-10-4-2-1-3-9(10)5-6-12-11(14)15/h1-4,12-13H,5-8H2,(H,14,15). The van der Waals surface area contributed by atoms with Gasteiger partial charge >= 0.3 is 6.09 Å². The van der Waals surface area contributed by atoms with E-state index in [2.05, 4.69) is 5.32 Å². The Balaban J connectivity index is 2.52. The van der Waals surface area contributed by atoms with Crippen LogP contribution in [0.5, 0.6) is 5.75 Å². The minimum absolute atomic E-state index is 0.0400. The highest BCUT2D eigenvalue weighted by Crippen LogP contribution is 2.17. The summed E-state index contributed by atoms with van der Waals surface area (Å²) in [5.41, 5.74) is 0.921. The molecule has 1 aromatic carbocycles. The van der Waals surface area contributed by atoms with Crippen LogP contribution in [-0.4, -0.2) is 36.1 Å². The molecule has 5 nitrogen and oxygen atoms in total. The lowest BCUT2D eigenvalue weighted by Crippen LogP contribution is -2.23. The smallest absolute Gasteiger partial charge is 0.404 e. The largest absolute Gasteiger partial charge is 0.491 e. The zero-order valence-corrected chi connectivity index (χ0v) is 8.85. The summed E-state index contributed by atoms with van der Waals surface area (Å²) in [6.45, 7) is 0.542. The van der Waals surface area contributed by atoms with E-state index in [1.54, 1.807) is 6.07 Å². The Hall–Kier alpha value is -1.75. The normalized spacial score (nSPS) is 9.81. The number of hydrogen-bond donors (Lipinski definition) is 3. The van der Waals surface area contributed by atoms with Crippen LogP contribution < -0.4 is 10.1 Å². The van der Waals surface area contributed by atoms with Crippen LogP contribution in [0.25, 0.3) is 0 Å². The second-order valence-electron chi connectivity index (χ2n) is 3.16. The van der Waals surface area contributed by atoms with E-state index < -0.39 is 6.09 Å². The molecule has 0 aliphatic carbocycles. The minimum atomic E-state index is -1.03. The molecule has 0 aromatic heterocycles. The minimum Gasteiger partial charge on any atom is -0.491 e. The van der Waals surface area contributed by atoms with Crippen molar-refractivity contribution in [3.63, 3.8) is 0 Å². The number of nitrogens with one attached hydrogen (secondary N) is 1. The predicted octanol–water partition coefficient (Wildman–Crippen LogP) is 0.868. The Kier molecular flexibility index (Phi) is 5.15. The third-order valence-corrected chi connectivity index (χ3v) is 1.99. The highest BCUT2D eigenvalue weighted by molar-refractivity contribution is 5.64. The molecular formula is C11H15NO4. The SMILES string of the molecule is O=C(O)NCCc1ccccc1OCCO. The maximum Gasteiger partial charge on any atom is 0.404 e. The number of rotatable bonds is 6. The molecule has 0 aliphatic heterocycles. The van der Waals surface area contributed by atoms with Crippen molar-refractivity contribution < 1.29 is 19.7 Å². The van der Waals surface area contributed by atoms with Gasteiger partial charge in [0, 0.05) is 6.54 Å². The molecule has 0 saturated heterocycles. The van der Waals surface area contributed by atoms with Gasteiger partial charge in [0.2, 0.25) is 0 Å². The summed E-state index contributed by atoms with van der Waals surface area (Å²) in [5, 5.41) is 19.4. The zero-order valence-electron chi connectivity index (χ0n) is 8.85. The highest BCUT2D eigenvalue weighted by atomic mass is 16.5. The fraction of sp³-hybridized carbons (Fsp3) is 0.364. The molecule has 1 aromatic rings. The fourth-order valence-electron chi connectivity index (χ4n) is 1.31. The van der Waals surface area contributed by atoms with Gasteiger partial charge in [-0.1, -0.05) is 18.2 Å². The van der Waals surface area contributed by atoms with Crippen molar-refractivity contribution in [2.75, 3.05) is 19.8 Å². The van der Waals surface area contributed by atoms with E-state index in [9.17, 15) is 4.79 Å². The van der Waals surface area contributed by atoms with E-state index in [4.69, 9.17) is 14.9 Å². The van der Waals surface area contributed by atoms with E-state index in [-0.39, 0.29) is 13.2 Å². The molecule has 0 atom stereocenters. The quantitative estimate of drug-likeness (QED) is 0.671. The van der Waals surface area contributed by atoms with Gasteiger partial charge < -0.3 is 20.3 Å². The molecule has 0 aliphatic rings. The molecule has 0 unspecified atom stereocenters. The molecular weight excluding hydrogens is 210 g/mol.